The highest BCUT2D eigenvalue weighted by molar-refractivity contribution is 6.33. The SMILES string of the molecule is COc1ccc(C(=O)/C=C/c2cccc(OC(=O)c3ccccc3Cl)c2)c(OC)c1. The summed E-state index contributed by atoms with van der Waals surface area (Å²) in [4.78, 5) is 24.9. The minimum absolute atomic E-state index is 0.229. The van der Waals surface area contributed by atoms with Gasteiger partial charge in [0.05, 0.1) is 30.4 Å². The molecule has 3 aromatic carbocycles. The van der Waals surface area contributed by atoms with Crippen molar-refractivity contribution in [2.75, 3.05) is 14.2 Å². The summed E-state index contributed by atoms with van der Waals surface area (Å²) in [7, 11) is 3.04. The summed E-state index contributed by atoms with van der Waals surface area (Å²) in [6, 6.07) is 18.5. The third kappa shape index (κ3) is 5.07. The van der Waals surface area contributed by atoms with E-state index in [0.29, 0.717) is 33.4 Å². The fraction of sp³-hybridized carbons (Fsp3) is 0.0833. The number of carbonyl (C=O) groups excluding carboxylic acids is 2. The number of allylic oxidation sites excluding steroid dienone is 1. The molecule has 0 fully saturated rings. The third-order valence-corrected chi connectivity index (χ3v) is 4.59. The molecule has 0 heterocycles. The predicted molar refractivity (Wildman–Crippen MR) is 116 cm³/mol. The van der Waals surface area contributed by atoms with E-state index in [1.807, 2.05) is 0 Å². The number of esters is 1. The maximum Gasteiger partial charge on any atom is 0.345 e. The van der Waals surface area contributed by atoms with Gasteiger partial charge in [-0.2, -0.15) is 0 Å². The molecule has 0 aliphatic rings. The normalized spacial score (nSPS) is 10.6. The third-order valence-electron chi connectivity index (χ3n) is 4.26. The summed E-state index contributed by atoms with van der Waals surface area (Å²) in [5.41, 5.74) is 1.39. The topological polar surface area (TPSA) is 61.8 Å². The predicted octanol–water partition coefficient (Wildman–Crippen LogP) is 5.47. The largest absolute Gasteiger partial charge is 0.497 e. The van der Waals surface area contributed by atoms with Crippen molar-refractivity contribution in [1.82, 2.24) is 0 Å². The number of hydrogen-bond acceptors (Lipinski definition) is 5. The van der Waals surface area contributed by atoms with E-state index >= 15 is 0 Å². The smallest absolute Gasteiger partial charge is 0.345 e. The molecule has 0 spiro atoms. The molecule has 0 saturated heterocycles. The lowest BCUT2D eigenvalue weighted by atomic mass is 10.1. The van der Waals surface area contributed by atoms with Crippen molar-refractivity contribution in [3.8, 4) is 17.2 Å². The molecular formula is C24H19ClO5. The van der Waals surface area contributed by atoms with Crippen LogP contribution in [-0.4, -0.2) is 26.0 Å². The van der Waals surface area contributed by atoms with E-state index in [-0.39, 0.29) is 11.3 Å². The fourth-order valence-corrected chi connectivity index (χ4v) is 2.95. The van der Waals surface area contributed by atoms with Gasteiger partial charge in [0.1, 0.15) is 17.2 Å². The van der Waals surface area contributed by atoms with Gasteiger partial charge in [0.15, 0.2) is 5.78 Å². The average molecular weight is 423 g/mol. The number of benzene rings is 3. The maximum atomic E-state index is 12.6. The van der Waals surface area contributed by atoms with Crippen LogP contribution in [0.2, 0.25) is 5.02 Å². The first kappa shape index (κ1) is 21.1. The number of ketones is 1. The molecule has 0 amide bonds. The highest BCUT2D eigenvalue weighted by Gasteiger charge is 2.13. The average Bonchev–Trinajstić information content (AvgIpc) is 2.77. The number of methoxy groups -OCH3 is 2. The highest BCUT2D eigenvalue weighted by atomic mass is 35.5. The molecule has 3 aromatic rings. The molecule has 0 aliphatic carbocycles. The van der Waals surface area contributed by atoms with Crippen LogP contribution in [0.3, 0.4) is 0 Å². The Balaban J connectivity index is 1.75. The van der Waals surface area contributed by atoms with Crippen LogP contribution in [0.1, 0.15) is 26.3 Å². The molecule has 5 nitrogen and oxygen atoms in total. The van der Waals surface area contributed by atoms with Crippen LogP contribution in [0.25, 0.3) is 6.08 Å². The summed E-state index contributed by atoms with van der Waals surface area (Å²) >= 11 is 6.04. The molecule has 0 radical (unpaired) electrons. The number of ether oxygens (including phenoxy) is 3. The van der Waals surface area contributed by atoms with Crippen molar-refractivity contribution in [2.24, 2.45) is 0 Å². The lowest BCUT2D eigenvalue weighted by Gasteiger charge is -2.08. The second-order valence-corrected chi connectivity index (χ2v) is 6.61. The van der Waals surface area contributed by atoms with E-state index in [2.05, 4.69) is 0 Å². The summed E-state index contributed by atoms with van der Waals surface area (Å²) in [5.74, 6) is 0.581. The molecule has 0 saturated carbocycles. The Morgan fingerprint density at radius 1 is 0.833 bits per heavy atom. The summed E-state index contributed by atoms with van der Waals surface area (Å²) in [5, 5.41) is 0.317. The minimum Gasteiger partial charge on any atom is -0.497 e. The Kier molecular flexibility index (Phi) is 6.88. The van der Waals surface area contributed by atoms with E-state index in [0.717, 1.165) is 0 Å². The van der Waals surface area contributed by atoms with Crippen molar-refractivity contribution in [1.29, 1.82) is 0 Å². The number of halogens is 1. The number of carbonyl (C=O) groups is 2. The van der Waals surface area contributed by atoms with Gasteiger partial charge in [-0.1, -0.05) is 41.9 Å². The van der Waals surface area contributed by atoms with Crippen LogP contribution >= 0.6 is 11.6 Å². The monoisotopic (exact) mass is 422 g/mol. The zero-order chi connectivity index (χ0) is 21.5. The second kappa shape index (κ2) is 9.76. The second-order valence-electron chi connectivity index (χ2n) is 6.21. The van der Waals surface area contributed by atoms with Gasteiger partial charge in [0.2, 0.25) is 0 Å². The van der Waals surface area contributed by atoms with E-state index in [4.69, 9.17) is 25.8 Å². The van der Waals surface area contributed by atoms with Gasteiger partial charge in [0.25, 0.3) is 0 Å². The van der Waals surface area contributed by atoms with Crippen LogP contribution in [0.15, 0.2) is 72.8 Å². The molecule has 0 bridgehead atoms. The summed E-state index contributed by atoms with van der Waals surface area (Å²) in [6.45, 7) is 0. The first-order valence-electron chi connectivity index (χ1n) is 9.03. The van der Waals surface area contributed by atoms with E-state index < -0.39 is 5.97 Å². The Labute approximate surface area is 179 Å². The van der Waals surface area contributed by atoms with E-state index in [9.17, 15) is 9.59 Å². The van der Waals surface area contributed by atoms with Gasteiger partial charge in [0, 0.05) is 6.07 Å². The Morgan fingerprint density at radius 3 is 2.37 bits per heavy atom. The molecular weight excluding hydrogens is 404 g/mol. The lowest BCUT2D eigenvalue weighted by molar-refractivity contribution is 0.0734. The molecule has 0 N–H and O–H groups in total. The zero-order valence-electron chi connectivity index (χ0n) is 16.4. The van der Waals surface area contributed by atoms with E-state index in [1.54, 1.807) is 79.9 Å². The number of hydrogen-bond donors (Lipinski definition) is 0. The van der Waals surface area contributed by atoms with Crippen LogP contribution in [-0.2, 0) is 0 Å². The Morgan fingerprint density at radius 2 is 1.63 bits per heavy atom. The molecule has 0 aromatic heterocycles. The van der Waals surface area contributed by atoms with Gasteiger partial charge in [-0.15, -0.1) is 0 Å². The summed E-state index contributed by atoms with van der Waals surface area (Å²) in [6.07, 6.45) is 3.07. The van der Waals surface area contributed by atoms with E-state index in [1.165, 1.54) is 13.2 Å². The van der Waals surface area contributed by atoms with Crippen LogP contribution in [0.5, 0.6) is 17.2 Å². The molecule has 3 rings (SSSR count). The van der Waals surface area contributed by atoms with Gasteiger partial charge in [-0.25, -0.2) is 4.79 Å². The van der Waals surface area contributed by atoms with Crippen molar-refractivity contribution in [3.63, 3.8) is 0 Å². The van der Waals surface area contributed by atoms with Crippen molar-refractivity contribution < 1.29 is 23.8 Å². The van der Waals surface area contributed by atoms with Gasteiger partial charge in [-0.05, 0) is 48.0 Å². The van der Waals surface area contributed by atoms with Crippen molar-refractivity contribution in [2.45, 2.75) is 0 Å². The molecule has 0 unspecified atom stereocenters. The summed E-state index contributed by atoms with van der Waals surface area (Å²) < 4.78 is 15.8. The fourth-order valence-electron chi connectivity index (χ4n) is 2.73. The van der Waals surface area contributed by atoms with Crippen molar-refractivity contribution in [3.05, 3.63) is 94.5 Å². The lowest BCUT2D eigenvalue weighted by Crippen LogP contribution is -2.09. The van der Waals surface area contributed by atoms with Gasteiger partial charge in [-0.3, -0.25) is 4.79 Å². The standard InChI is InChI=1S/C24H19ClO5/c1-28-17-11-12-20(23(15-17)29-2)22(26)13-10-16-6-5-7-18(14-16)30-24(27)19-8-3-4-9-21(19)25/h3-15H,1-2H3/b13-10+. The van der Waals surface area contributed by atoms with Gasteiger partial charge >= 0.3 is 5.97 Å². The molecule has 152 valence electrons. The Hall–Kier alpha value is -3.57. The molecule has 0 aliphatic heterocycles. The van der Waals surface area contributed by atoms with Crippen LogP contribution < -0.4 is 14.2 Å². The van der Waals surface area contributed by atoms with Crippen LogP contribution in [0.4, 0.5) is 0 Å². The quantitative estimate of drug-likeness (QED) is 0.218. The first-order chi connectivity index (χ1) is 14.5. The first-order valence-corrected chi connectivity index (χ1v) is 9.41. The highest BCUT2D eigenvalue weighted by Crippen LogP contribution is 2.26. The molecule has 0 atom stereocenters. The van der Waals surface area contributed by atoms with Crippen molar-refractivity contribution >= 4 is 29.4 Å². The molecule has 30 heavy (non-hydrogen) atoms. The zero-order valence-corrected chi connectivity index (χ0v) is 17.2. The van der Waals surface area contributed by atoms with Gasteiger partial charge < -0.3 is 14.2 Å². The molecule has 6 heteroatoms. The number of rotatable bonds is 7. The van der Waals surface area contributed by atoms with Crippen LogP contribution in [0, 0.1) is 0 Å². The minimum atomic E-state index is -0.555. The maximum absolute atomic E-state index is 12.6. The Bertz CT molecular complexity index is 1100.